The molecular formula is C16H33Te. The van der Waals surface area contributed by atoms with Crippen LogP contribution in [0, 0.1) is 0 Å². The molecule has 0 aromatic carbocycles. The van der Waals surface area contributed by atoms with Crippen LogP contribution < -0.4 is 0 Å². The summed E-state index contributed by atoms with van der Waals surface area (Å²) in [5.74, 6) is 0. The van der Waals surface area contributed by atoms with Crippen LogP contribution in [-0.4, -0.2) is 22.3 Å². The Labute approximate surface area is 123 Å². The van der Waals surface area contributed by atoms with Crippen LogP contribution in [0.5, 0.6) is 0 Å². The van der Waals surface area contributed by atoms with Crippen molar-refractivity contribution in [1.29, 1.82) is 0 Å². The number of unbranched alkanes of at least 4 members (excludes halogenated alkanes) is 13. The predicted octanol–water partition coefficient (Wildman–Crippen LogP) is 6.05. The number of rotatable bonds is 14. The van der Waals surface area contributed by atoms with Crippen molar-refractivity contribution < 1.29 is 0 Å². The monoisotopic (exact) mass is 355 g/mol. The van der Waals surface area contributed by atoms with E-state index in [4.69, 9.17) is 0 Å². The van der Waals surface area contributed by atoms with Crippen LogP contribution in [-0.2, 0) is 0 Å². The van der Waals surface area contributed by atoms with Gasteiger partial charge < -0.3 is 0 Å². The van der Waals surface area contributed by atoms with Gasteiger partial charge in [0.25, 0.3) is 0 Å². The van der Waals surface area contributed by atoms with Crippen LogP contribution >= 0.6 is 0 Å². The van der Waals surface area contributed by atoms with E-state index in [1.165, 1.54) is 94.4 Å². The second-order valence-electron chi connectivity index (χ2n) is 5.30. The van der Waals surface area contributed by atoms with Gasteiger partial charge in [-0.1, -0.05) is 26.2 Å². The first-order valence-corrected chi connectivity index (χ1v) is 9.64. The summed E-state index contributed by atoms with van der Waals surface area (Å²) in [6.07, 6.45) is 20.6. The molecule has 1 radical (unpaired) electrons. The van der Waals surface area contributed by atoms with Gasteiger partial charge in [0.05, 0.1) is 0 Å². The molecule has 0 bridgehead atoms. The van der Waals surface area contributed by atoms with Gasteiger partial charge in [0.15, 0.2) is 0 Å². The van der Waals surface area contributed by atoms with E-state index in [0.717, 1.165) is 0 Å². The third-order valence-corrected chi connectivity index (χ3v) is 4.32. The van der Waals surface area contributed by atoms with E-state index < -0.39 is 0 Å². The van der Waals surface area contributed by atoms with Crippen molar-refractivity contribution in [3.63, 3.8) is 0 Å². The maximum atomic E-state index is 2.29. The Morgan fingerprint density at radius 3 is 1.06 bits per heavy atom. The molecule has 0 aliphatic carbocycles. The van der Waals surface area contributed by atoms with Gasteiger partial charge in [0.1, 0.15) is 0 Å². The molecule has 103 valence electrons. The van der Waals surface area contributed by atoms with E-state index in [2.05, 4.69) is 29.2 Å². The number of hydrogen-bond donors (Lipinski definition) is 0. The maximum absolute atomic E-state index is 2.29. The SMILES string of the molecule is CCCCCCCCCCCCCCCC[Te]. The predicted molar refractivity (Wildman–Crippen MR) is 80.9 cm³/mol. The molecule has 0 amide bonds. The summed E-state index contributed by atoms with van der Waals surface area (Å²) in [5.41, 5.74) is 0. The molecular weight excluding hydrogens is 320 g/mol. The Hall–Kier alpha value is 0.790. The average molecular weight is 353 g/mol. The van der Waals surface area contributed by atoms with Gasteiger partial charge in [0.2, 0.25) is 0 Å². The molecule has 0 atom stereocenters. The van der Waals surface area contributed by atoms with Gasteiger partial charge in [0, 0.05) is 0 Å². The first-order chi connectivity index (χ1) is 8.41. The van der Waals surface area contributed by atoms with Gasteiger partial charge in [-0.05, 0) is 0 Å². The third kappa shape index (κ3) is 16.8. The fourth-order valence-electron chi connectivity index (χ4n) is 2.30. The molecule has 0 spiro atoms. The van der Waals surface area contributed by atoms with Crippen LogP contribution in [0.1, 0.15) is 96.8 Å². The molecule has 0 saturated carbocycles. The van der Waals surface area contributed by atoms with Crippen molar-refractivity contribution in [2.75, 3.05) is 0 Å². The van der Waals surface area contributed by atoms with Crippen LogP contribution in [0.25, 0.3) is 0 Å². The molecule has 0 aromatic heterocycles. The summed E-state index contributed by atoms with van der Waals surface area (Å²) in [4.78, 5) is 0. The molecule has 0 aromatic rings. The molecule has 0 rings (SSSR count). The molecule has 0 saturated heterocycles. The van der Waals surface area contributed by atoms with E-state index in [0.29, 0.717) is 0 Å². The van der Waals surface area contributed by atoms with Crippen LogP contribution in [0.2, 0.25) is 4.47 Å². The van der Waals surface area contributed by atoms with Gasteiger partial charge in [-0.2, -0.15) is 0 Å². The summed E-state index contributed by atoms with van der Waals surface area (Å²) in [6.45, 7) is 2.29. The Kier molecular flexibility index (Phi) is 17.6. The fraction of sp³-hybridized carbons (Fsp3) is 1.00. The van der Waals surface area contributed by atoms with E-state index >= 15 is 0 Å². The second-order valence-corrected chi connectivity index (χ2v) is 6.47. The molecule has 0 unspecified atom stereocenters. The van der Waals surface area contributed by atoms with Crippen molar-refractivity contribution in [3.05, 3.63) is 0 Å². The summed E-state index contributed by atoms with van der Waals surface area (Å²) >= 11 is 2.23. The second kappa shape index (κ2) is 16.8. The third-order valence-electron chi connectivity index (χ3n) is 3.50. The molecule has 0 aliphatic rings. The van der Waals surface area contributed by atoms with Crippen molar-refractivity contribution >= 4 is 22.3 Å². The minimum absolute atomic E-state index is 1.37. The quantitative estimate of drug-likeness (QED) is 0.263. The van der Waals surface area contributed by atoms with Gasteiger partial charge in [-0.3, -0.25) is 0 Å². The van der Waals surface area contributed by atoms with Crippen LogP contribution in [0.3, 0.4) is 0 Å². The van der Waals surface area contributed by atoms with E-state index in [-0.39, 0.29) is 0 Å². The molecule has 0 heterocycles. The summed E-state index contributed by atoms with van der Waals surface area (Å²) in [6, 6.07) is 0. The molecule has 0 nitrogen and oxygen atoms in total. The first-order valence-electron chi connectivity index (χ1n) is 8.00. The number of hydrogen-bond acceptors (Lipinski definition) is 0. The molecule has 17 heavy (non-hydrogen) atoms. The van der Waals surface area contributed by atoms with Crippen LogP contribution in [0.4, 0.5) is 0 Å². The van der Waals surface area contributed by atoms with Crippen molar-refractivity contribution in [2.24, 2.45) is 0 Å². The summed E-state index contributed by atoms with van der Waals surface area (Å²) < 4.78 is 1.38. The Balaban J connectivity index is 2.85. The Morgan fingerprint density at radius 2 is 0.765 bits per heavy atom. The van der Waals surface area contributed by atoms with Crippen molar-refractivity contribution in [1.82, 2.24) is 0 Å². The normalized spacial score (nSPS) is 10.9. The minimum atomic E-state index is 1.37. The average Bonchev–Trinajstić information content (AvgIpc) is 2.35. The zero-order valence-electron chi connectivity index (χ0n) is 12.0. The van der Waals surface area contributed by atoms with Crippen molar-refractivity contribution in [2.45, 2.75) is 101 Å². The zero-order valence-corrected chi connectivity index (χ0v) is 14.3. The fourth-order valence-corrected chi connectivity index (χ4v) is 2.88. The van der Waals surface area contributed by atoms with E-state index in [1.54, 1.807) is 0 Å². The summed E-state index contributed by atoms with van der Waals surface area (Å²) in [7, 11) is 0. The molecule has 0 N–H and O–H groups in total. The van der Waals surface area contributed by atoms with Crippen LogP contribution in [0.15, 0.2) is 0 Å². The van der Waals surface area contributed by atoms with Crippen molar-refractivity contribution in [3.8, 4) is 0 Å². The molecule has 1 heteroatoms. The van der Waals surface area contributed by atoms with E-state index in [9.17, 15) is 0 Å². The van der Waals surface area contributed by atoms with E-state index in [1.807, 2.05) is 0 Å². The summed E-state index contributed by atoms with van der Waals surface area (Å²) in [5, 5.41) is 0. The first kappa shape index (κ1) is 17.8. The van der Waals surface area contributed by atoms with Gasteiger partial charge >= 0.3 is 97.4 Å². The topological polar surface area (TPSA) is 0 Å². The zero-order chi connectivity index (χ0) is 12.6. The van der Waals surface area contributed by atoms with Gasteiger partial charge in [-0.15, -0.1) is 0 Å². The standard InChI is InChI=1S/C16H33Te/c1-2-3-4-5-6-7-8-9-10-11-12-13-14-15-16-17/h2-16H2,1H3. The molecule has 0 aliphatic heterocycles. The Bertz CT molecular complexity index is 109. The molecule has 0 fully saturated rings. The van der Waals surface area contributed by atoms with Gasteiger partial charge in [-0.25, -0.2) is 0 Å². The Morgan fingerprint density at radius 1 is 0.471 bits per heavy atom.